The summed E-state index contributed by atoms with van der Waals surface area (Å²) in [6.07, 6.45) is 0. The van der Waals surface area contributed by atoms with Crippen molar-refractivity contribution in [2.45, 2.75) is 73.1 Å². The highest BCUT2D eigenvalue weighted by atomic mass is 15.2. The highest BCUT2D eigenvalue weighted by Crippen LogP contribution is 2.41. The van der Waals surface area contributed by atoms with Gasteiger partial charge in [-0.25, -0.2) is 0 Å². The molecule has 0 aromatic heterocycles. The molecule has 5 aromatic carbocycles. The van der Waals surface area contributed by atoms with E-state index in [0.29, 0.717) is 0 Å². The van der Waals surface area contributed by atoms with Gasteiger partial charge in [0, 0.05) is 34.1 Å². The van der Waals surface area contributed by atoms with Gasteiger partial charge in [-0.15, -0.1) is 0 Å². The third kappa shape index (κ3) is 6.70. The Morgan fingerprint density at radius 2 is 0.698 bits per heavy atom. The maximum Gasteiger partial charge on any atom is 0.0490 e. The topological polar surface area (TPSA) is 6.48 Å². The maximum absolute atomic E-state index is 2.37. The molecule has 0 saturated carbocycles. The van der Waals surface area contributed by atoms with E-state index in [4.69, 9.17) is 0 Å². The molecule has 0 heterocycles. The summed E-state index contributed by atoms with van der Waals surface area (Å²) in [5, 5.41) is 0. The Hall–Kier alpha value is -4.30. The van der Waals surface area contributed by atoms with Crippen LogP contribution in [0.25, 0.3) is 0 Å². The van der Waals surface area contributed by atoms with Crippen molar-refractivity contribution in [3.05, 3.63) is 143 Å². The van der Waals surface area contributed by atoms with Crippen LogP contribution in [0.4, 0.5) is 34.1 Å². The lowest BCUT2D eigenvalue weighted by atomic mass is 9.86. The molecule has 0 N–H and O–H groups in total. The second-order valence-corrected chi connectivity index (χ2v) is 13.9. The summed E-state index contributed by atoms with van der Waals surface area (Å²) in [4.78, 5) is 4.72. The van der Waals surface area contributed by atoms with Gasteiger partial charge in [0.25, 0.3) is 0 Å². The van der Waals surface area contributed by atoms with E-state index in [2.05, 4.69) is 187 Å². The number of rotatable bonds is 6. The number of hydrogen-bond acceptors (Lipinski definition) is 2. The largest absolute Gasteiger partial charge is 0.311 e. The monoisotopic (exact) mass is 566 g/mol. The Kier molecular flexibility index (Phi) is 8.25. The van der Waals surface area contributed by atoms with Crippen LogP contribution in [0.2, 0.25) is 0 Å². The molecule has 0 fully saturated rings. The highest BCUT2D eigenvalue weighted by molar-refractivity contribution is 5.82. The third-order valence-corrected chi connectivity index (χ3v) is 8.25. The average Bonchev–Trinajstić information content (AvgIpc) is 2.96. The summed E-state index contributed by atoms with van der Waals surface area (Å²) in [7, 11) is 0. The van der Waals surface area contributed by atoms with E-state index >= 15 is 0 Å². The second-order valence-electron chi connectivity index (χ2n) is 13.9. The van der Waals surface area contributed by atoms with Crippen molar-refractivity contribution in [1.82, 2.24) is 0 Å². The molecule has 0 atom stereocenters. The first kappa shape index (κ1) is 30.2. The first-order valence-corrected chi connectivity index (χ1v) is 15.4. The lowest BCUT2D eigenvalue weighted by molar-refractivity contribution is 0.589. The fourth-order valence-corrected chi connectivity index (χ4v) is 5.50. The summed E-state index contributed by atoms with van der Waals surface area (Å²) in [6.45, 7) is 20.1. The van der Waals surface area contributed by atoms with Crippen LogP contribution in [0.3, 0.4) is 0 Å². The van der Waals surface area contributed by atoms with Gasteiger partial charge in [-0.05, 0) is 115 Å². The summed E-state index contributed by atoms with van der Waals surface area (Å²) in [6, 6.07) is 42.5. The van der Waals surface area contributed by atoms with Gasteiger partial charge < -0.3 is 9.80 Å². The third-order valence-electron chi connectivity index (χ3n) is 8.25. The van der Waals surface area contributed by atoms with E-state index in [-0.39, 0.29) is 10.8 Å². The van der Waals surface area contributed by atoms with Crippen LogP contribution in [-0.2, 0) is 10.8 Å². The van der Waals surface area contributed by atoms with Gasteiger partial charge in [0.05, 0.1) is 0 Å². The van der Waals surface area contributed by atoms with Gasteiger partial charge in [-0.1, -0.05) is 101 Å². The zero-order valence-corrected chi connectivity index (χ0v) is 27.4. The molecule has 5 aromatic rings. The molecular weight excluding hydrogens is 520 g/mol. The summed E-state index contributed by atoms with van der Waals surface area (Å²) >= 11 is 0. The van der Waals surface area contributed by atoms with E-state index < -0.39 is 0 Å². The normalized spacial score (nSPS) is 11.8. The van der Waals surface area contributed by atoms with E-state index in [1.807, 2.05) is 0 Å². The Morgan fingerprint density at radius 3 is 1.07 bits per heavy atom. The van der Waals surface area contributed by atoms with Crippen LogP contribution in [0.15, 0.2) is 115 Å². The van der Waals surface area contributed by atoms with Gasteiger partial charge in [0.1, 0.15) is 0 Å². The van der Waals surface area contributed by atoms with Crippen molar-refractivity contribution in [2.24, 2.45) is 0 Å². The van der Waals surface area contributed by atoms with Crippen LogP contribution >= 0.6 is 0 Å². The van der Waals surface area contributed by atoms with Crippen LogP contribution in [0.5, 0.6) is 0 Å². The zero-order chi connectivity index (χ0) is 30.9. The van der Waals surface area contributed by atoms with Crippen molar-refractivity contribution in [3.63, 3.8) is 0 Å². The molecule has 0 aliphatic rings. The van der Waals surface area contributed by atoms with E-state index in [1.165, 1.54) is 33.5 Å². The number of aryl methyl sites for hydroxylation is 3. The Labute approximate surface area is 259 Å². The first-order chi connectivity index (χ1) is 20.3. The molecule has 2 nitrogen and oxygen atoms in total. The fraction of sp³-hybridized carbons (Fsp3) is 0.268. The van der Waals surface area contributed by atoms with E-state index in [0.717, 1.165) is 28.4 Å². The first-order valence-electron chi connectivity index (χ1n) is 15.4. The molecule has 0 bridgehead atoms. The predicted octanol–water partition coefficient (Wildman–Crippen LogP) is 12.1. The van der Waals surface area contributed by atoms with Gasteiger partial charge >= 0.3 is 0 Å². The SMILES string of the molecule is Cc1ccc(N(c2ccc(N(c3ccc(C)cc3)c3ccc(C(C)(C)C)cc3C)cc2)c2ccc(C(C)(C)C)cc2)cc1. The molecule has 43 heavy (non-hydrogen) atoms. The van der Waals surface area contributed by atoms with Gasteiger partial charge in [0.2, 0.25) is 0 Å². The van der Waals surface area contributed by atoms with E-state index in [9.17, 15) is 0 Å². The van der Waals surface area contributed by atoms with Gasteiger partial charge in [-0.3, -0.25) is 0 Å². The van der Waals surface area contributed by atoms with Crippen molar-refractivity contribution in [3.8, 4) is 0 Å². The smallest absolute Gasteiger partial charge is 0.0490 e. The molecule has 220 valence electrons. The van der Waals surface area contributed by atoms with Crippen molar-refractivity contribution in [1.29, 1.82) is 0 Å². The zero-order valence-electron chi connectivity index (χ0n) is 27.4. The minimum atomic E-state index is 0.101. The Bertz CT molecular complexity index is 1660. The molecular formula is C41H46N2. The number of nitrogens with zero attached hydrogens (tertiary/aromatic N) is 2. The Morgan fingerprint density at radius 1 is 0.372 bits per heavy atom. The quantitative estimate of drug-likeness (QED) is 0.202. The summed E-state index contributed by atoms with van der Waals surface area (Å²) < 4.78 is 0. The minimum absolute atomic E-state index is 0.101. The second kappa shape index (κ2) is 11.8. The molecule has 0 aliphatic heterocycles. The average molecular weight is 567 g/mol. The lowest BCUT2D eigenvalue weighted by Crippen LogP contribution is -2.15. The standard InChI is InChI=1S/C41H46N2/c1-29-10-17-34(18-11-29)42(35-21-14-32(15-22-35)40(4,5)6)36-23-25-38(26-24-36)43(37-19-12-30(2)13-20-37)39-27-16-33(28-31(39)3)41(7,8)9/h10-28H,1-9H3. The Balaban J connectivity index is 1.59. The molecule has 0 unspecified atom stereocenters. The fourth-order valence-electron chi connectivity index (χ4n) is 5.50. The highest BCUT2D eigenvalue weighted by Gasteiger charge is 2.20. The molecule has 0 radical (unpaired) electrons. The van der Waals surface area contributed by atoms with Crippen molar-refractivity contribution < 1.29 is 0 Å². The van der Waals surface area contributed by atoms with Crippen molar-refractivity contribution >= 4 is 34.1 Å². The summed E-state index contributed by atoms with van der Waals surface area (Å²) in [5.41, 5.74) is 13.5. The predicted molar refractivity (Wildman–Crippen MR) is 187 cm³/mol. The van der Waals surface area contributed by atoms with Crippen LogP contribution in [0.1, 0.15) is 69.4 Å². The van der Waals surface area contributed by atoms with Crippen LogP contribution in [0, 0.1) is 20.8 Å². The van der Waals surface area contributed by atoms with E-state index in [1.54, 1.807) is 0 Å². The van der Waals surface area contributed by atoms with Crippen molar-refractivity contribution in [2.75, 3.05) is 9.80 Å². The van der Waals surface area contributed by atoms with Crippen LogP contribution < -0.4 is 9.80 Å². The molecule has 5 rings (SSSR count). The number of anilines is 6. The molecule has 0 saturated heterocycles. The minimum Gasteiger partial charge on any atom is -0.311 e. The molecule has 0 aliphatic carbocycles. The molecule has 0 amide bonds. The van der Waals surface area contributed by atoms with Gasteiger partial charge in [0.15, 0.2) is 0 Å². The molecule has 2 heteroatoms. The number of benzene rings is 5. The lowest BCUT2D eigenvalue weighted by Gasteiger charge is -2.30. The maximum atomic E-state index is 2.37. The molecule has 0 spiro atoms. The van der Waals surface area contributed by atoms with Gasteiger partial charge in [-0.2, -0.15) is 0 Å². The van der Waals surface area contributed by atoms with Crippen LogP contribution in [-0.4, -0.2) is 0 Å². The number of hydrogen-bond donors (Lipinski definition) is 0. The summed E-state index contributed by atoms with van der Waals surface area (Å²) in [5.74, 6) is 0.